The molecule has 160 valence electrons. The molecule has 2 rings (SSSR count). The van der Waals surface area contributed by atoms with Gasteiger partial charge in [-0.25, -0.2) is 17.5 Å². The fourth-order valence-corrected chi connectivity index (χ4v) is 4.84. The summed E-state index contributed by atoms with van der Waals surface area (Å²) in [5.74, 6) is 0.581. The smallest absolute Gasteiger partial charge is 0.413 e. The predicted octanol–water partition coefficient (Wildman–Crippen LogP) is 3.52. The van der Waals surface area contributed by atoms with Crippen LogP contribution in [0.4, 0.5) is 10.5 Å². The molecule has 0 atom stereocenters. The predicted molar refractivity (Wildman–Crippen MR) is 114 cm³/mol. The molecule has 0 radical (unpaired) electrons. The number of nitrogens with zero attached hydrogens (tertiary/aromatic N) is 1. The van der Waals surface area contributed by atoms with Gasteiger partial charge in [0.05, 0.1) is 5.75 Å². The minimum Gasteiger partial charge on any atom is -0.428 e. The molecule has 1 aliphatic rings. The van der Waals surface area contributed by atoms with Gasteiger partial charge in [-0.1, -0.05) is 39.8 Å². The molecule has 1 aromatic carbocycles. The summed E-state index contributed by atoms with van der Waals surface area (Å²) in [6.45, 7) is 8.45. The van der Waals surface area contributed by atoms with Crippen LogP contribution in [-0.2, 0) is 14.8 Å². The summed E-state index contributed by atoms with van der Waals surface area (Å²) < 4.78 is 31.5. The summed E-state index contributed by atoms with van der Waals surface area (Å²) in [6.07, 6.45) is -0.0954. The van der Waals surface area contributed by atoms with Crippen LogP contribution in [0, 0.1) is 5.92 Å². The van der Waals surface area contributed by atoms with Gasteiger partial charge in [0.2, 0.25) is 10.0 Å². The lowest BCUT2D eigenvalue weighted by molar-refractivity contribution is -0.0116. The van der Waals surface area contributed by atoms with Gasteiger partial charge >= 0.3 is 6.09 Å². The van der Waals surface area contributed by atoms with E-state index in [1.54, 1.807) is 0 Å². The molecule has 9 heteroatoms. The van der Waals surface area contributed by atoms with Gasteiger partial charge < -0.3 is 4.74 Å². The number of nitrogens with one attached hydrogen (secondary N) is 1. The first-order valence-corrected chi connectivity index (χ1v) is 11.0. The number of amides is 1. The largest absolute Gasteiger partial charge is 0.428 e. The molecule has 7 nitrogen and oxygen atoms in total. The van der Waals surface area contributed by atoms with Crippen LogP contribution in [0.3, 0.4) is 0 Å². The maximum absolute atomic E-state index is 12.3. The fraction of sp³-hybridized carbons (Fsp3) is 0.632. The Hall–Kier alpha value is -1.35. The molecular formula is C19H32ClN3O4S. The third kappa shape index (κ3) is 6.92. The first-order valence-electron chi connectivity index (χ1n) is 9.37. The Balaban J connectivity index is 0.00000392. The zero-order valence-corrected chi connectivity index (χ0v) is 18.6. The number of carbonyl (C=O) groups is 1. The van der Waals surface area contributed by atoms with Crippen molar-refractivity contribution < 1.29 is 17.9 Å². The first kappa shape index (κ1) is 24.7. The highest BCUT2D eigenvalue weighted by molar-refractivity contribution is 7.89. The number of hydrogen-bond acceptors (Lipinski definition) is 5. The number of anilines is 1. The molecule has 3 N–H and O–H groups in total. The van der Waals surface area contributed by atoms with Crippen LogP contribution in [0.1, 0.15) is 52.0 Å². The van der Waals surface area contributed by atoms with Crippen LogP contribution in [-0.4, -0.2) is 43.4 Å². The number of rotatable bonds is 6. The molecule has 1 amide bonds. The van der Waals surface area contributed by atoms with E-state index >= 15 is 0 Å². The second kappa shape index (κ2) is 9.91. The zero-order chi connectivity index (χ0) is 20.2. The average Bonchev–Trinajstić information content (AvgIpc) is 2.54. The van der Waals surface area contributed by atoms with Crippen molar-refractivity contribution in [3.8, 4) is 0 Å². The molecule has 1 saturated heterocycles. The third-order valence-corrected chi connectivity index (χ3v) is 6.87. The lowest BCUT2D eigenvalue weighted by Gasteiger charge is -2.37. The molecule has 28 heavy (non-hydrogen) atoms. The standard InChI is InChI=1S/C19H31N3O4S.ClH/c1-14(2)13-27(24,25)22-11-9-19(20,10-12-22)26-18(23)21-17-7-5-16(6-8-17)15(3)4;/h5-8,14-15H,9-13,20H2,1-4H3,(H,21,23);1H. The van der Waals surface area contributed by atoms with Crippen molar-refractivity contribution in [1.82, 2.24) is 4.31 Å². The summed E-state index contributed by atoms with van der Waals surface area (Å²) >= 11 is 0. The molecule has 1 aliphatic heterocycles. The molecular weight excluding hydrogens is 402 g/mol. The van der Waals surface area contributed by atoms with Crippen molar-refractivity contribution in [3.63, 3.8) is 0 Å². The van der Waals surface area contributed by atoms with Crippen LogP contribution < -0.4 is 11.1 Å². The Morgan fingerprint density at radius 3 is 2.18 bits per heavy atom. The maximum atomic E-state index is 12.3. The van der Waals surface area contributed by atoms with Crippen molar-refractivity contribution in [1.29, 1.82) is 0 Å². The van der Waals surface area contributed by atoms with Crippen LogP contribution in [0.2, 0.25) is 0 Å². The number of nitrogens with two attached hydrogens (primary N) is 1. The van der Waals surface area contributed by atoms with Crippen molar-refractivity contribution in [3.05, 3.63) is 29.8 Å². The summed E-state index contributed by atoms with van der Waals surface area (Å²) in [4.78, 5) is 12.2. The number of benzene rings is 1. The van der Waals surface area contributed by atoms with Gasteiger partial charge in [0.25, 0.3) is 0 Å². The highest BCUT2D eigenvalue weighted by atomic mass is 35.5. The normalized spacial score (nSPS) is 17.2. The van der Waals surface area contributed by atoms with Crippen LogP contribution in [0.15, 0.2) is 24.3 Å². The Morgan fingerprint density at radius 2 is 1.71 bits per heavy atom. The van der Waals surface area contributed by atoms with Gasteiger partial charge in [0.1, 0.15) is 0 Å². The van der Waals surface area contributed by atoms with Gasteiger partial charge in [-0.05, 0) is 29.5 Å². The molecule has 0 bridgehead atoms. The molecule has 0 saturated carbocycles. The van der Waals surface area contributed by atoms with Crippen LogP contribution >= 0.6 is 12.4 Å². The van der Waals surface area contributed by atoms with Crippen molar-refractivity contribution in [2.24, 2.45) is 11.7 Å². The molecule has 0 spiro atoms. The molecule has 1 fully saturated rings. The quantitative estimate of drug-likeness (QED) is 0.668. The highest BCUT2D eigenvalue weighted by Gasteiger charge is 2.38. The summed E-state index contributed by atoms with van der Waals surface area (Å²) in [5, 5.41) is 2.68. The monoisotopic (exact) mass is 433 g/mol. The minimum absolute atomic E-state index is 0. The molecule has 1 aromatic rings. The lowest BCUT2D eigenvalue weighted by atomic mass is 10.0. The average molecular weight is 434 g/mol. The van der Waals surface area contributed by atoms with Gasteiger partial charge in [-0.3, -0.25) is 11.1 Å². The third-order valence-electron chi connectivity index (χ3n) is 4.63. The minimum atomic E-state index is -3.30. The van der Waals surface area contributed by atoms with E-state index in [1.165, 1.54) is 9.87 Å². The number of ether oxygens (including phenoxy) is 1. The van der Waals surface area contributed by atoms with Crippen LogP contribution in [0.25, 0.3) is 0 Å². The topological polar surface area (TPSA) is 102 Å². The van der Waals surface area contributed by atoms with Gasteiger partial charge in [0.15, 0.2) is 5.72 Å². The van der Waals surface area contributed by atoms with Crippen molar-refractivity contribution >= 4 is 34.2 Å². The number of halogens is 1. The number of hydrogen-bond donors (Lipinski definition) is 2. The van der Waals surface area contributed by atoms with Gasteiger partial charge in [-0.15, -0.1) is 12.4 Å². The molecule has 0 aromatic heterocycles. The second-order valence-corrected chi connectivity index (χ2v) is 9.94. The van der Waals surface area contributed by atoms with Gasteiger partial charge in [0, 0.05) is 31.6 Å². The van der Waals surface area contributed by atoms with E-state index in [4.69, 9.17) is 10.5 Å². The lowest BCUT2D eigenvalue weighted by Crippen LogP contribution is -2.55. The van der Waals surface area contributed by atoms with Gasteiger partial charge in [-0.2, -0.15) is 0 Å². The Kier molecular flexibility index (Phi) is 8.74. The van der Waals surface area contributed by atoms with E-state index in [9.17, 15) is 13.2 Å². The first-order chi connectivity index (χ1) is 12.5. The second-order valence-electron chi connectivity index (χ2n) is 7.93. The van der Waals surface area contributed by atoms with E-state index in [0.717, 1.165) is 0 Å². The summed E-state index contributed by atoms with van der Waals surface area (Å²) in [6, 6.07) is 7.55. The Labute approximate surface area is 174 Å². The van der Waals surface area contributed by atoms with Crippen molar-refractivity contribution in [2.45, 2.75) is 52.2 Å². The van der Waals surface area contributed by atoms with E-state index in [0.29, 0.717) is 11.6 Å². The number of piperidine rings is 1. The zero-order valence-electron chi connectivity index (χ0n) is 17.0. The summed E-state index contributed by atoms with van der Waals surface area (Å²) in [7, 11) is -3.30. The van der Waals surface area contributed by atoms with E-state index in [1.807, 2.05) is 38.1 Å². The van der Waals surface area contributed by atoms with E-state index < -0.39 is 21.8 Å². The summed E-state index contributed by atoms with van der Waals surface area (Å²) in [5.41, 5.74) is 6.83. The Morgan fingerprint density at radius 1 is 1.18 bits per heavy atom. The number of carbonyl (C=O) groups excluding carboxylic acids is 1. The van der Waals surface area contributed by atoms with E-state index in [2.05, 4.69) is 19.2 Å². The SMILES string of the molecule is CC(C)CS(=O)(=O)N1CCC(N)(OC(=O)Nc2ccc(C(C)C)cc2)CC1.Cl. The van der Waals surface area contributed by atoms with Crippen LogP contribution in [0.5, 0.6) is 0 Å². The molecule has 0 aliphatic carbocycles. The Bertz CT molecular complexity index is 743. The highest BCUT2D eigenvalue weighted by Crippen LogP contribution is 2.25. The van der Waals surface area contributed by atoms with Crippen molar-refractivity contribution in [2.75, 3.05) is 24.2 Å². The molecule has 0 unspecified atom stereocenters. The number of sulfonamides is 1. The fourth-order valence-electron chi connectivity index (χ4n) is 3.05. The van der Waals surface area contributed by atoms with E-state index in [-0.39, 0.29) is 50.0 Å². The molecule has 1 heterocycles. The maximum Gasteiger partial charge on any atom is 0.413 e.